The van der Waals surface area contributed by atoms with Crippen LogP contribution in [0.2, 0.25) is 0 Å². The number of para-hydroxylation sites is 2. The van der Waals surface area contributed by atoms with Gasteiger partial charge in [0.25, 0.3) is 11.8 Å². The number of nitrogens with zero attached hydrogens (tertiary/aromatic N) is 4. The number of hydrogen-bond donors (Lipinski definition) is 3. The summed E-state index contributed by atoms with van der Waals surface area (Å²) >= 11 is 0. The maximum atomic E-state index is 13.1. The third-order valence-electron chi connectivity index (χ3n) is 9.24. The number of carbonyl (C=O) groups excluding carboxylic acids is 4. The molecule has 2 aliphatic carbocycles. The number of imide groups is 2. The number of piperidine rings is 1. The zero-order chi connectivity index (χ0) is 31.1. The van der Waals surface area contributed by atoms with Crippen LogP contribution in [0, 0.1) is 11.8 Å². The molecule has 2 saturated carbocycles. The molecule has 2 aliphatic heterocycles. The molecule has 0 bridgehead atoms. The highest BCUT2D eigenvalue weighted by Crippen LogP contribution is 2.38. The zero-order valence-corrected chi connectivity index (χ0v) is 24.9. The summed E-state index contributed by atoms with van der Waals surface area (Å²) in [5.74, 6) is -1.00. The van der Waals surface area contributed by atoms with Gasteiger partial charge in [-0.15, -0.1) is 0 Å². The number of anilines is 1. The number of benzene rings is 2. The molecule has 1 atom stereocenters. The van der Waals surface area contributed by atoms with Gasteiger partial charge in [0.15, 0.2) is 0 Å². The van der Waals surface area contributed by atoms with Gasteiger partial charge in [-0.3, -0.25) is 39.4 Å². The molecular formula is C34H35N7O4. The number of nitrogens with one attached hydrogen (secondary N) is 2. The lowest BCUT2D eigenvalue weighted by atomic mass is 9.78. The number of fused-ring (bicyclic) bond motifs is 2. The van der Waals surface area contributed by atoms with Gasteiger partial charge in [-0.2, -0.15) is 0 Å². The molecule has 4 amide bonds. The average Bonchev–Trinajstić information content (AvgIpc) is 3.84. The molecule has 2 aromatic carbocycles. The summed E-state index contributed by atoms with van der Waals surface area (Å²) in [5, 5.41) is 5.58. The Balaban J connectivity index is 0.899. The van der Waals surface area contributed by atoms with E-state index in [-0.39, 0.29) is 30.0 Å². The molecule has 1 saturated heterocycles. The van der Waals surface area contributed by atoms with Gasteiger partial charge < -0.3 is 11.1 Å². The van der Waals surface area contributed by atoms with Crippen LogP contribution in [0.4, 0.5) is 5.69 Å². The minimum atomic E-state index is -0.965. The number of nitrogens with two attached hydrogens (primary N) is 1. The van der Waals surface area contributed by atoms with Crippen molar-refractivity contribution >= 4 is 52.1 Å². The van der Waals surface area contributed by atoms with Crippen LogP contribution in [0.15, 0.2) is 59.4 Å². The van der Waals surface area contributed by atoms with Gasteiger partial charge in [0, 0.05) is 36.1 Å². The fraction of sp³-hybridized carbons (Fsp3) is 0.382. The SMILES string of the molecule is NC(=C(C=NC1CC(CCCNc2ccc3c(c2)C(=O)N(C2CCC(=O)NC2=O)C3=O)C1)c1cnc2ccccc2n1)C1CC1. The molecule has 4 N–H and O–H groups in total. The summed E-state index contributed by atoms with van der Waals surface area (Å²) < 4.78 is 0. The minimum absolute atomic E-state index is 0.0956. The maximum absolute atomic E-state index is 13.1. The summed E-state index contributed by atoms with van der Waals surface area (Å²) in [5.41, 5.74) is 12.1. The van der Waals surface area contributed by atoms with Gasteiger partial charge in [-0.1, -0.05) is 12.1 Å². The lowest BCUT2D eigenvalue weighted by molar-refractivity contribution is -0.136. The molecule has 230 valence electrons. The summed E-state index contributed by atoms with van der Waals surface area (Å²) in [7, 11) is 0. The number of hydrogen-bond acceptors (Lipinski definition) is 9. The molecule has 1 aromatic heterocycles. The lowest BCUT2D eigenvalue weighted by Crippen LogP contribution is -2.54. The van der Waals surface area contributed by atoms with E-state index in [0.717, 1.165) is 83.7 Å². The fourth-order valence-corrected chi connectivity index (χ4v) is 6.43. The molecule has 11 nitrogen and oxygen atoms in total. The largest absolute Gasteiger partial charge is 0.401 e. The summed E-state index contributed by atoms with van der Waals surface area (Å²) in [4.78, 5) is 65.0. The second-order valence-corrected chi connectivity index (χ2v) is 12.4. The van der Waals surface area contributed by atoms with Crippen molar-refractivity contribution in [3.63, 3.8) is 0 Å². The summed E-state index contributed by atoms with van der Waals surface area (Å²) in [6.07, 6.45) is 10.2. The first-order chi connectivity index (χ1) is 21.9. The van der Waals surface area contributed by atoms with Gasteiger partial charge in [-0.05, 0) is 87.1 Å². The van der Waals surface area contributed by atoms with E-state index in [1.165, 1.54) is 0 Å². The molecule has 3 heterocycles. The monoisotopic (exact) mass is 605 g/mol. The van der Waals surface area contributed by atoms with Crippen LogP contribution >= 0.6 is 0 Å². The Bertz CT molecular complexity index is 1770. The van der Waals surface area contributed by atoms with E-state index >= 15 is 0 Å². The summed E-state index contributed by atoms with van der Waals surface area (Å²) in [6, 6.07) is 12.2. The molecule has 0 radical (unpaired) electrons. The molecule has 4 aliphatic rings. The number of amides is 4. The molecule has 1 unspecified atom stereocenters. The van der Waals surface area contributed by atoms with Crippen molar-refractivity contribution in [2.45, 2.75) is 63.5 Å². The highest BCUT2D eigenvalue weighted by Gasteiger charge is 2.44. The second kappa shape index (κ2) is 11.9. The van der Waals surface area contributed by atoms with Crippen molar-refractivity contribution < 1.29 is 19.2 Å². The predicted molar refractivity (Wildman–Crippen MR) is 169 cm³/mol. The third-order valence-corrected chi connectivity index (χ3v) is 9.24. The highest BCUT2D eigenvalue weighted by atomic mass is 16.2. The van der Waals surface area contributed by atoms with Crippen LogP contribution in [-0.2, 0) is 9.59 Å². The van der Waals surface area contributed by atoms with E-state index in [1.807, 2.05) is 30.5 Å². The highest BCUT2D eigenvalue weighted by molar-refractivity contribution is 6.23. The van der Waals surface area contributed by atoms with Crippen LogP contribution in [0.1, 0.15) is 77.8 Å². The minimum Gasteiger partial charge on any atom is -0.401 e. The number of rotatable bonds is 10. The Kier molecular flexibility index (Phi) is 7.60. The zero-order valence-electron chi connectivity index (χ0n) is 24.9. The summed E-state index contributed by atoms with van der Waals surface area (Å²) in [6.45, 7) is 0.730. The molecule has 3 aromatic rings. The Morgan fingerprint density at radius 2 is 1.80 bits per heavy atom. The Morgan fingerprint density at radius 3 is 2.58 bits per heavy atom. The average molecular weight is 606 g/mol. The Labute approximate surface area is 260 Å². The second-order valence-electron chi connectivity index (χ2n) is 12.4. The van der Waals surface area contributed by atoms with Crippen LogP contribution in [0.5, 0.6) is 0 Å². The molecule has 0 spiro atoms. The molecule has 45 heavy (non-hydrogen) atoms. The topological polar surface area (TPSA) is 160 Å². The van der Waals surface area contributed by atoms with Crippen molar-refractivity contribution in [3.05, 3.63) is 71.2 Å². The van der Waals surface area contributed by atoms with Crippen LogP contribution in [0.3, 0.4) is 0 Å². The Morgan fingerprint density at radius 1 is 1.02 bits per heavy atom. The molecule has 7 rings (SSSR count). The molecule has 11 heteroatoms. The van der Waals surface area contributed by atoms with Crippen molar-refractivity contribution in [2.75, 3.05) is 11.9 Å². The van der Waals surface area contributed by atoms with E-state index in [9.17, 15) is 19.2 Å². The van der Waals surface area contributed by atoms with E-state index < -0.39 is 29.7 Å². The van der Waals surface area contributed by atoms with Crippen LogP contribution < -0.4 is 16.4 Å². The number of aliphatic imine (C=N–C) groups is 1. The smallest absolute Gasteiger partial charge is 0.262 e. The fourth-order valence-electron chi connectivity index (χ4n) is 6.43. The third kappa shape index (κ3) is 5.82. The standard InChI is InChI=1S/C34H35N7O4/c35-31(20-7-8-20)25(28-18-38-26-5-1-2-6-27(26)39-28)17-37-22-14-19(15-22)4-3-13-36-21-9-10-23-24(16-21)34(45)41(33(23)44)29-11-12-30(42)40-32(29)43/h1-2,5-6,9-10,16-20,22,29,36H,3-4,7-8,11-15,35H2,(H,40,42,43). The van der Waals surface area contributed by atoms with Crippen molar-refractivity contribution in [3.8, 4) is 0 Å². The number of carbonyl (C=O) groups is 4. The van der Waals surface area contributed by atoms with Gasteiger partial charge in [0.2, 0.25) is 11.8 Å². The first-order valence-corrected chi connectivity index (χ1v) is 15.7. The van der Waals surface area contributed by atoms with Gasteiger partial charge in [0.05, 0.1) is 40.1 Å². The van der Waals surface area contributed by atoms with E-state index in [1.54, 1.807) is 24.4 Å². The number of aromatic nitrogens is 2. The Hall–Kier alpha value is -4.93. The normalized spacial score (nSPS) is 23.6. The van der Waals surface area contributed by atoms with E-state index in [4.69, 9.17) is 15.7 Å². The first-order valence-electron chi connectivity index (χ1n) is 15.7. The van der Waals surface area contributed by atoms with Crippen LogP contribution in [0.25, 0.3) is 16.6 Å². The first kappa shape index (κ1) is 28.8. The molecular weight excluding hydrogens is 570 g/mol. The van der Waals surface area contributed by atoms with E-state index in [2.05, 4.69) is 15.6 Å². The number of allylic oxidation sites excluding steroid dienone is 2. The predicted octanol–water partition coefficient (Wildman–Crippen LogP) is 3.85. The van der Waals surface area contributed by atoms with Gasteiger partial charge in [0.1, 0.15) is 6.04 Å². The van der Waals surface area contributed by atoms with Crippen LogP contribution in [-0.4, -0.2) is 63.3 Å². The van der Waals surface area contributed by atoms with Crippen molar-refractivity contribution in [2.24, 2.45) is 22.6 Å². The maximum Gasteiger partial charge on any atom is 0.262 e. The van der Waals surface area contributed by atoms with E-state index in [0.29, 0.717) is 11.8 Å². The van der Waals surface area contributed by atoms with Gasteiger partial charge >= 0.3 is 0 Å². The van der Waals surface area contributed by atoms with Crippen molar-refractivity contribution in [1.29, 1.82) is 0 Å². The van der Waals surface area contributed by atoms with Gasteiger partial charge in [-0.25, -0.2) is 4.98 Å². The quantitative estimate of drug-likeness (QED) is 0.179. The lowest BCUT2D eigenvalue weighted by Gasteiger charge is -2.32. The molecule has 3 fully saturated rings. The van der Waals surface area contributed by atoms with Crippen molar-refractivity contribution in [1.82, 2.24) is 20.2 Å².